The molecule has 0 radical (unpaired) electrons. The van der Waals surface area contributed by atoms with Crippen LogP contribution < -0.4 is 0 Å². The van der Waals surface area contributed by atoms with Crippen molar-refractivity contribution in [3.05, 3.63) is 71.3 Å². The first kappa shape index (κ1) is 19.9. The summed E-state index contributed by atoms with van der Waals surface area (Å²) in [5.41, 5.74) is -0.0863. The minimum atomic E-state index is -1.70. The van der Waals surface area contributed by atoms with Gasteiger partial charge in [-0.25, -0.2) is 31.9 Å². The van der Waals surface area contributed by atoms with Crippen LogP contribution >= 0.6 is 0 Å². The molecule has 0 bridgehead atoms. The lowest BCUT2D eigenvalue weighted by Gasteiger charge is -2.09. The first-order valence-electron chi connectivity index (χ1n) is 8.86. The van der Waals surface area contributed by atoms with Gasteiger partial charge in [0.05, 0.1) is 5.56 Å². The normalized spacial score (nSPS) is 11.1. The molecule has 2 nitrogen and oxygen atoms in total. The van der Waals surface area contributed by atoms with E-state index in [4.69, 9.17) is 0 Å². The lowest BCUT2D eigenvalue weighted by atomic mass is 10.0. The van der Waals surface area contributed by atoms with Crippen molar-refractivity contribution in [1.29, 1.82) is 0 Å². The molecule has 2 aromatic carbocycles. The number of hydrogen-bond donors (Lipinski definition) is 0. The first-order valence-corrected chi connectivity index (χ1v) is 8.86. The van der Waals surface area contributed by atoms with Gasteiger partial charge in [0.2, 0.25) is 0 Å². The van der Waals surface area contributed by atoms with Crippen molar-refractivity contribution < 1.29 is 22.0 Å². The van der Waals surface area contributed by atoms with E-state index in [0.717, 1.165) is 43.4 Å². The second-order valence-electron chi connectivity index (χ2n) is 6.44. The minimum Gasteiger partial charge on any atom is -0.236 e. The van der Waals surface area contributed by atoms with Gasteiger partial charge in [0.15, 0.2) is 23.3 Å². The van der Waals surface area contributed by atoms with Crippen LogP contribution in [0.1, 0.15) is 31.7 Å². The Morgan fingerprint density at radius 3 is 1.79 bits per heavy atom. The van der Waals surface area contributed by atoms with Gasteiger partial charge in [-0.1, -0.05) is 19.8 Å². The molecule has 0 N–H and O–H groups in total. The second kappa shape index (κ2) is 8.46. The SMILES string of the molecule is CCCCCc1cnc(-c2cc(F)c(-c3cc(F)c(F)c(F)c3)c(F)c2)nc1. The zero-order valence-corrected chi connectivity index (χ0v) is 15.1. The van der Waals surface area contributed by atoms with Crippen molar-refractivity contribution >= 4 is 0 Å². The highest BCUT2D eigenvalue weighted by molar-refractivity contribution is 5.69. The van der Waals surface area contributed by atoms with Crippen molar-refractivity contribution in [3.63, 3.8) is 0 Å². The van der Waals surface area contributed by atoms with Crippen LogP contribution in [-0.4, -0.2) is 9.97 Å². The smallest absolute Gasteiger partial charge is 0.194 e. The number of benzene rings is 2. The Morgan fingerprint density at radius 1 is 0.714 bits per heavy atom. The Morgan fingerprint density at radius 2 is 1.25 bits per heavy atom. The Labute approximate surface area is 159 Å². The maximum Gasteiger partial charge on any atom is 0.194 e. The quantitative estimate of drug-likeness (QED) is 0.282. The predicted molar refractivity (Wildman–Crippen MR) is 95.9 cm³/mol. The van der Waals surface area contributed by atoms with Gasteiger partial charge >= 0.3 is 0 Å². The maximum absolute atomic E-state index is 14.5. The van der Waals surface area contributed by atoms with E-state index in [0.29, 0.717) is 12.1 Å². The highest BCUT2D eigenvalue weighted by atomic mass is 19.2. The fourth-order valence-corrected chi connectivity index (χ4v) is 2.89. The molecule has 0 aliphatic carbocycles. The summed E-state index contributed by atoms with van der Waals surface area (Å²) >= 11 is 0. The lowest BCUT2D eigenvalue weighted by molar-refractivity contribution is 0.447. The van der Waals surface area contributed by atoms with Gasteiger partial charge in [0, 0.05) is 18.0 Å². The largest absolute Gasteiger partial charge is 0.236 e. The Hall–Kier alpha value is -2.83. The molecule has 7 heteroatoms. The number of rotatable bonds is 6. The van der Waals surface area contributed by atoms with Crippen LogP contribution in [0.5, 0.6) is 0 Å². The molecule has 0 amide bonds. The Kier molecular flexibility index (Phi) is 6.02. The van der Waals surface area contributed by atoms with Crippen LogP contribution in [0, 0.1) is 29.1 Å². The van der Waals surface area contributed by atoms with Gasteiger partial charge in [0.1, 0.15) is 11.6 Å². The van der Waals surface area contributed by atoms with Crippen LogP contribution in [0.2, 0.25) is 0 Å². The van der Waals surface area contributed by atoms with Gasteiger partial charge in [-0.05, 0) is 48.2 Å². The molecule has 0 saturated carbocycles. The summed E-state index contributed by atoms with van der Waals surface area (Å²) in [6.45, 7) is 2.10. The van der Waals surface area contributed by atoms with Crippen LogP contribution in [0.25, 0.3) is 22.5 Å². The fourth-order valence-electron chi connectivity index (χ4n) is 2.89. The monoisotopic (exact) mass is 392 g/mol. The molecule has 0 unspecified atom stereocenters. The zero-order valence-electron chi connectivity index (χ0n) is 15.1. The average molecular weight is 392 g/mol. The average Bonchev–Trinajstić information content (AvgIpc) is 2.66. The van der Waals surface area contributed by atoms with E-state index in [1.54, 1.807) is 12.4 Å². The Bertz CT molecular complexity index is 941. The number of nitrogens with zero attached hydrogens (tertiary/aromatic N) is 2. The molecule has 3 rings (SSSR count). The lowest BCUT2D eigenvalue weighted by Crippen LogP contribution is -1.98. The van der Waals surface area contributed by atoms with Gasteiger partial charge in [0.25, 0.3) is 0 Å². The van der Waals surface area contributed by atoms with Crippen LogP contribution in [0.3, 0.4) is 0 Å². The summed E-state index contributed by atoms with van der Waals surface area (Å²) in [5, 5.41) is 0. The molecule has 0 aliphatic rings. The summed E-state index contributed by atoms with van der Waals surface area (Å²) in [7, 11) is 0. The van der Waals surface area contributed by atoms with E-state index in [1.807, 2.05) is 0 Å². The number of aromatic nitrogens is 2. The topological polar surface area (TPSA) is 25.8 Å². The van der Waals surface area contributed by atoms with Crippen molar-refractivity contribution in [2.45, 2.75) is 32.6 Å². The van der Waals surface area contributed by atoms with Gasteiger partial charge in [-0.3, -0.25) is 0 Å². The van der Waals surface area contributed by atoms with Crippen molar-refractivity contribution in [1.82, 2.24) is 9.97 Å². The minimum absolute atomic E-state index is 0.0851. The summed E-state index contributed by atoms with van der Waals surface area (Å²) in [4.78, 5) is 8.28. The molecule has 146 valence electrons. The molecule has 0 fully saturated rings. The standard InChI is InChI=1S/C21H17F5N2/c1-2-3-4-5-12-10-27-21(28-11-12)14-8-15(22)19(16(23)9-14)13-6-17(24)20(26)18(25)7-13/h6-11H,2-5H2,1H3. The molecule has 0 aliphatic heterocycles. The zero-order chi connectivity index (χ0) is 20.3. The highest BCUT2D eigenvalue weighted by Crippen LogP contribution is 2.31. The predicted octanol–water partition coefficient (Wildman–Crippen LogP) is 6.24. The molecule has 3 aromatic rings. The summed E-state index contributed by atoms with van der Waals surface area (Å²) in [6.07, 6.45) is 7.20. The molecule has 0 atom stereocenters. The molecular formula is C21H17F5N2. The number of aryl methyl sites for hydroxylation is 1. The molecule has 1 heterocycles. The number of halogens is 5. The van der Waals surface area contributed by atoms with E-state index >= 15 is 0 Å². The summed E-state index contributed by atoms with van der Waals surface area (Å²) in [5.74, 6) is -6.75. The highest BCUT2D eigenvalue weighted by Gasteiger charge is 2.19. The van der Waals surface area contributed by atoms with E-state index < -0.39 is 40.2 Å². The molecule has 0 saturated heterocycles. The van der Waals surface area contributed by atoms with E-state index in [1.165, 1.54) is 0 Å². The van der Waals surface area contributed by atoms with Gasteiger partial charge in [-0.2, -0.15) is 0 Å². The van der Waals surface area contributed by atoms with Crippen molar-refractivity contribution in [2.75, 3.05) is 0 Å². The van der Waals surface area contributed by atoms with Crippen LogP contribution in [0.4, 0.5) is 22.0 Å². The number of unbranched alkanes of at least 4 members (excludes halogenated alkanes) is 2. The van der Waals surface area contributed by atoms with Gasteiger partial charge < -0.3 is 0 Å². The fraction of sp³-hybridized carbons (Fsp3) is 0.238. The van der Waals surface area contributed by atoms with Crippen molar-refractivity contribution in [2.24, 2.45) is 0 Å². The van der Waals surface area contributed by atoms with E-state index in [2.05, 4.69) is 16.9 Å². The van der Waals surface area contributed by atoms with Crippen molar-refractivity contribution in [3.8, 4) is 22.5 Å². The van der Waals surface area contributed by atoms with Crippen LogP contribution in [0.15, 0.2) is 36.7 Å². The molecular weight excluding hydrogens is 375 g/mol. The molecule has 28 heavy (non-hydrogen) atoms. The maximum atomic E-state index is 14.5. The second-order valence-corrected chi connectivity index (χ2v) is 6.44. The van der Waals surface area contributed by atoms with E-state index in [9.17, 15) is 22.0 Å². The first-order chi connectivity index (χ1) is 13.4. The van der Waals surface area contributed by atoms with Crippen LogP contribution in [-0.2, 0) is 6.42 Å². The van der Waals surface area contributed by atoms with Gasteiger partial charge in [-0.15, -0.1) is 0 Å². The number of hydrogen-bond acceptors (Lipinski definition) is 2. The van der Waals surface area contributed by atoms with E-state index in [-0.39, 0.29) is 11.4 Å². The Balaban J connectivity index is 1.92. The molecule has 0 spiro atoms. The molecule has 1 aromatic heterocycles. The summed E-state index contributed by atoms with van der Waals surface area (Å²) < 4.78 is 68.9. The third kappa shape index (κ3) is 4.18. The third-order valence-electron chi connectivity index (χ3n) is 4.35. The summed E-state index contributed by atoms with van der Waals surface area (Å²) in [6, 6.07) is 3.04. The third-order valence-corrected chi connectivity index (χ3v) is 4.35.